The van der Waals surface area contributed by atoms with E-state index in [9.17, 15) is 0 Å². The van der Waals surface area contributed by atoms with Crippen LogP contribution in [-0.2, 0) is 6.42 Å². The number of rotatable bonds is 6. The summed E-state index contributed by atoms with van der Waals surface area (Å²) in [6, 6.07) is 22.2. The normalized spacial score (nSPS) is 11.1. The Morgan fingerprint density at radius 2 is 1.47 bits per heavy atom. The highest BCUT2D eigenvalue weighted by Crippen LogP contribution is 2.40. The van der Waals surface area contributed by atoms with Crippen molar-refractivity contribution in [3.8, 4) is 28.5 Å². The van der Waals surface area contributed by atoms with Crippen molar-refractivity contribution in [2.75, 3.05) is 21.3 Å². The summed E-state index contributed by atoms with van der Waals surface area (Å²) in [5.74, 6) is 2.12. The third-order valence-electron chi connectivity index (χ3n) is 5.68. The molecule has 32 heavy (non-hydrogen) atoms. The highest BCUT2D eigenvalue weighted by molar-refractivity contribution is 6.12. The molecule has 0 fully saturated rings. The number of ether oxygens (including phenoxy) is 3. The molecule has 0 unspecified atom stereocenters. The highest BCUT2D eigenvalue weighted by Gasteiger charge is 2.19. The van der Waals surface area contributed by atoms with Crippen LogP contribution in [0.3, 0.4) is 0 Å². The van der Waals surface area contributed by atoms with Crippen molar-refractivity contribution in [2.24, 2.45) is 0 Å². The van der Waals surface area contributed by atoms with Gasteiger partial charge in [-0.15, -0.1) is 0 Å². The second kappa shape index (κ2) is 8.23. The molecule has 5 rings (SSSR count). The summed E-state index contributed by atoms with van der Waals surface area (Å²) in [6.07, 6.45) is 0.727. The summed E-state index contributed by atoms with van der Waals surface area (Å²) in [5.41, 5.74) is 4.68. The zero-order valence-corrected chi connectivity index (χ0v) is 18.2. The number of aromatic amines is 1. The third kappa shape index (κ3) is 3.39. The molecule has 5 aromatic rings. The van der Waals surface area contributed by atoms with Crippen LogP contribution in [0.5, 0.6) is 17.2 Å². The average molecular weight is 425 g/mol. The second-order valence-corrected chi connectivity index (χ2v) is 7.50. The van der Waals surface area contributed by atoms with Gasteiger partial charge in [-0.05, 0) is 42.0 Å². The van der Waals surface area contributed by atoms with Gasteiger partial charge in [0.2, 0.25) is 0 Å². The quantitative estimate of drug-likeness (QED) is 0.395. The first-order valence-electron chi connectivity index (χ1n) is 10.3. The van der Waals surface area contributed by atoms with E-state index >= 15 is 0 Å². The number of fused-ring (bicyclic) bond motifs is 3. The highest BCUT2D eigenvalue weighted by atomic mass is 16.5. The summed E-state index contributed by atoms with van der Waals surface area (Å²) in [5, 5.41) is 10.7. The molecule has 1 N–H and O–H groups in total. The minimum absolute atomic E-state index is 0.656. The lowest BCUT2D eigenvalue weighted by Gasteiger charge is -2.13. The van der Waals surface area contributed by atoms with Gasteiger partial charge in [-0.25, -0.2) is 4.98 Å². The van der Waals surface area contributed by atoms with E-state index < -0.39 is 0 Å². The van der Waals surface area contributed by atoms with Crippen LogP contribution in [0.25, 0.3) is 33.1 Å². The van der Waals surface area contributed by atoms with E-state index in [1.165, 1.54) is 5.56 Å². The maximum absolute atomic E-state index is 5.61. The van der Waals surface area contributed by atoms with Gasteiger partial charge in [-0.2, -0.15) is 5.10 Å². The van der Waals surface area contributed by atoms with Gasteiger partial charge < -0.3 is 14.2 Å². The smallest absolute Gasteiger partial charge is 0.182 e. The Morgan fingerprint density at radius 1 is 0.781 bits per heavy atom. The average Bonchev–Trinajstić information content (AvgIpc) is 3.25. The maximum atomic E-state index is 5.61. The summed E-state index contributed by atoms with van der Waals surface area (Å²) in [7, 11) is 4.94. The Balaban J connectivity index is 1.79. The summed E-state index contributed by atoms with van der Waals surface area (Å²) in [4.78, 5) is 4.94. The van der Waals surface area contributed by atoms with Gasteiger partial charge >= 0.3 is 0 Å². The lowest BCUT2D eigenvalue weighted by Crippen LogP contribution is -1.95. The first kappa shape index (κ1) is 19.9. The van der Waals surface area contributed by atoms with Gasteiger partial charge in [-0.3, -0.25) is 5.10 Å². The van der Waals surface area contributed by atoms with E-state index in [1.807, 2.05) is 54.6 Å². The molecule has 2 aromatic heterocycles. The number of benzene rings is 3. The summed E-state index contributed by atoms with van der Waals surface area (Å²) in [6.45, 7) is 0. The minimum atomic E-state index is 0.656. The number of methoxy groups -OCH3 is 3. The van der Waals surface area contributed by atoms with Crippen molar-refractivity contribution in [1.82, 2.24) is 15.2 Å². The SMILES string of the molecule is COc1ccc(-c2nc3n[nH]c(Cc4ccccc4)c3c3cc(OC)c(OC)cc23)cc1. The summed E-state index contributed by atoms with van der Waals surface area (Å²) >= 11 is 0. The monoisotopic (exact) mass is 425 g/mol. The molecule has 3 aromatic carbocycles. The first-order chi connectivity index (χ1) is 15.7. The number of nitrogens with one attached hydrogen (secondary N) is 1. The van der Waals surface area contributed by atoms with Gasteiger partial charge in [0, 0.05) is 28.5 Å². The van der Waals surface area contributed by atoms with E-state index in [0.717, 1.165) is 45.3 Å². The molecular weight excluding hydrogens is 402 g/mol. The molecule has 0 aliphatic heterocycles. The first-order valence-corrected chi connectivity index (χ1v) is 10.3. The number of aromatic nitrogens is 3. The lowest BCUT2D eigenvalue weighted by atomic mass is 9.98. The van der Waals surface area contributed by atoms with Crippen molar-refractivity contribution in [3.05, 3.63) is 78.0 Å². The van der Waals surface area contributed by atoms with Crippen molar-refractivity contribution in [3.63, 3.8) is 0 Å². The van der Waals surface area contributed by atoms with Gasteiger partial charge in [0.15, 0.2) is 17.1 Å². The molecule has 0 bridgehead atoms. The van der Waals surface area contributed by atoms with Gasteiger partial charge in [0.05, 0.1) is 32.4 Å². The molecule has 0 saturated heterocycles. The molecule has 0 spiro atoms. The third-order valence-corrected chi connectivity index (χ3v) is 5.68. The molecule has 0 amide bonds. The molecule has 6 heteroatoms. The second-order valence-electron chi connectivity index (χ2n) is 7.50. The molecule has 0 aliphatic carbocycles. The Morgan fingerprint density at radius 3 is 2.12 bits per heavy atom. The van der Waals surface area contributed by atoms with Crippen molar-refractivity contribution >= 4 is 21.8 Å². The van der Waals surface area contributed by atoms with Crippen molar-refractivity contribution < 1.29 is 14.2 Å². The van der Waals surface area contributed by atoms with E-state index in [1.54, 1.807) is 21.3 Å². The number of hydrogen-bond acceptors (Lipinski definition) is 5. The van der Waals surface area contributed by atoms with Crippen LogP contribution >= 0.6 is 0 Å². The molecule has 0 radical (unpaired) electrons. The number of H-pyrrole nitrogens is 1. The molecule has 0 saturated carbocycles. The van der Waals surface area contributed by atoms with Crippen molar-refractivity contribution in [2.45, 2.75) is 6.42 Å². The molecule has 0 atom stereocenters. The van der Waals surface area contributed by atoms with Crippen LogP contribution in [0.15, 0.2) is 66.7 Å². The van der Waals surface area contributed by atoms with Crippen LogP contribution in [0, 0.1) is 0 Å². The fraction of sp³-hybridized carbons (Fsp3) is 0.154. The molecule has 2 heterocycles. The van der Waals surface area contributed by atoms with Crippen LogP contribution in [0.1, 0.15) is 11.3 Å². The number of pyridine rings is 1. The van der Waals surface area contributed by atoms with Gasteiger partial charge in [-0.1, -0.05) is 30.3 Å². The van der Waals surface area contributed by atoms with E-state index in [4.69, 9.17) is 19.2 Å². The fourth-order valence-electron chi connectivity index (χ4n) is 4.08. The standard InChI is InChI=1S/C26H23N3O3/c1-30-18-11-9-17(10-12-18)25-20-15-23(32-3)22(31-2)14-19(20)24-21(28-29-26(24)27-25)13-16-7-5-4-6-8-16/h4-12,14-15H,13H2,1-3H3,(H,27,28,29). The van der Waals surface area contributed by atoms with Crippen LogP contribution < -0.4 is 14.2 Å². The fourth-order valence-corrected chi connectivity index (χ4v) is 4.08. The van der Waals surface area contributed by atoms with Crippen LogP contribution in [-0.4, -0.2) is 36.5 Å². The molecular formula is C26H23N3O3. The minimum Gasteiger partial charge on any atom is -0.497 e. The van der Waals surface area contributed by atoms with Gasteiger partial charge in [0.25, 0.3) is 0 Å². The Bertz CT molecular complexity index is 1390. The summed E-state index contributed by atoms with van der Waals surface area (Å²) < 4.78 is 16.5. The van der Waals surface area contributed by atoms with Crippen LogP contribution in [0.4, 0.5) is 0 Å². The Hall–Kier alpha value is -4.06. The maximum Gasteiger partial charge on any atom is 0.182 e. The predicted octanol–water partition coefficient (Wildman–Crippen LogP) is 5.39. The molecule has 160 valence electrons. The Labute approximate surface area is 185 Å². The zero-order chi connectivity index (χ0) is 22.1. The van der Waals surface area contributed by atoms with E-state index in [2.05, 4.69) is 22.3 Å². The number of nitrogens with zero attached hydrogens (tertiary/aromatic N) is 2. The topological polar surface area (TPSA) is 69.3 Å². The largest absolute Gasteiger partial charge is 0.497 e. The van der Waals surface area contributed by atoms with Gasteiger partial charge in [0.1, 0.15) is 5.75 Å². The van der Waals surface area contributed by atoms with Crippen molar-refractivity contribution in [1.29, 1.82) is 0 Å². The molecule has 6 nitrogen and oxygen atoms in total. The predicted molar refractivity (Wildman–Crippen MR) is 126 cm³/mol. The van der Waals surface area contributed by atoms with E-state index in [0.29, 0.717) is 17.1 Å². The van der Waals surface area contributed by atoms with E-state index in [-0.39, 0.29) is 0 Å². The lowest BCUT2D eigenvalue weighted by molar-refractivity contribution is 0.356. The zero-order valence-electron chi connectivity index (χ0n) is 18.2. The Kier molecular flexibility index (Phi) is 5.11. The van der Waals surface area contributed by atoms with Crippen LogP contribution in [0.2, 0.25) is 0 Å². The molecule has 0 aliphatic rings. The number of hydrogen-bond donors (Lipinski definition) is 1.